The van der Waals surface area contributed by atoms with Crippen LogP contribution in [-0.2, 0) is 0 Å². The van der Waals surface area contributed by atoms with Crippen molar-refractivity contribution in [1.29, 1.82) is 0 Å². The van der Waals surface area contributed by atoms with E-state index >= 15 is 0 Å². The molecule has 0 atom stereocenters. The van der Waals surface area contributed by atoms with E-state index in [1.807, 2.05) is 6.07 Å². The molecular weight excluding hydrogens is 398 g/mol. The molecule has 0 radical (unpaired) electrons. The van der Waals surface area contributed by atoms with Crippen molar-refractivity contribution < 1.29 is 29.3 Å². The highest BCUT2D eigenvalue weighted by Gasteiger charge is 2.31. The Labute approximate surface area is 176 Å². The number of carbonyl (C=O) groups is 2. The molecule has 0 amide bonds. The number of furan rings is 1. The van der Waals surface area contributed by atoms with Gasteiger partial charge in [-0.3, -0.25) is 4.79 Å². The topological polar surface area (TPSA) is 124 Å². The Balaban J connectivity index is 1.85. The van der Waals surface area contributed by atoms with Crippen LogP contribution < -0.4 is 0 Å². The number of aromatic amines is 1. The number of nitrogens with one attached hydrogen (secondary N) is 1. The lowest BCUT2D eigenvalue weighted by molar-refractivity contribution is 0.0661. The molecule has 7 heteroatoms. The van der Waals surface area contributed by atoms with Gasteiger partial charge in [-0.1, -0.05) is 54.6 Å². The molecule has 31 heavy (non-hydrogen) atoms. The summed E-state index contributed by atoms with van der Waals surface area (Å²) in [6, 6.07) is 13.7. The molecule has 0 fully saturated rings. The average Bonchev–Trinajstić information content (AvgIpc) is 3.36. The van der Waals surface area contributed by atoms with Crippen LogP contribution >= 0.6 is 0 Å². The van der Waals surface area contributed by atoms with Gasteiger partial charge < -0.3 is 24.7 Å². The monoisotopic (exact) mass is 417 g/mol. The number of aliphatic hydroxyl groups is 1. The molecule has 4 rings (SSSR count). The molecule has 0 spiro atoms. The summed E-state index contributed by atoms with van der Waals surface area (Å²) in [4.78, 5) is 28.0. The van der Waals surface area contributed by atoms with Gasteiger partial charge in [0, 0.05) is 11.6 Å². The number of hydrogen-bond acceptors (Lipinski definition) is 5. The number of fused-ring (bicyclic) bond motifs is 1. The molecule has 0 aliphatic carbocycles. The summed E-state index contributed by atoms with van der Waals surface area (Å²) in [5.41, 5.74) is 2.81. The number of hydrogen-bond donors (Lipinski definition) is 4. The van der Waals surface area contributed by atoms with Crippen LogP contribution in [0.15, 0.2) is 64.7 Å². The summed E-state index contributed by atoms with van der Waals surface area (Å²) >= 11 is 0. The predicted molar refractivity (Wildman–Crippen MR) is 115 cm³/mol. The number of carboxylic acid groups (broad SMARTS) is 1. The SMILES string of the molecule is CC(=Cc1cccc2c(C(=O)c3oc(C(=O)O)c(-c4ccccc4)c3O)c[nH]c12)CO. The zero-order valence-corrected chi connectivity index (χ0v) is 16.5. The number of aromatic carboxylic acids is 1. The molecule has 156 valence electrons. The number of benzene rings is 2. The molecule has 2 aromatic heterocycles. The van der Waals surface area contributed by atoms with E-state index in [1.54, 1.807) is 55.5 Å². The Bertz CT molecular complexity index is 1330. The quantitative estimate of drug-likeness (QED) is 0.344. The summed E-state index contributed by atoms with van der Waals surface area (Å²) in [5, 5.41) is 30.1. The van der Waals surface area contributed by atoms with Gasteiger partial charge in [0.05, 0.1) is 23.3 Å². The molecule has 0 unspecified atom stereocenters. The normalized spacial score (nSPS) is 11.7. The van der Waals surface area contributed by atoms with Crippen molar-refractivity contribution in [2.24, 2.45) is 0 Å². The van der Waals surface area contributed by atoms with Crippen molar-refractivity contribution in [3.8, 4) is 16.9 Å². The zero-order chi connectivity index (χ0) is 22.1. The van der Waals surface area contributed by atoms with E-state index in [9.17, 15) is 24.9 Å². The van der Waals surface area contributed by atoms with Gasteiger partial charge in [0.25, 0.3) is 0 Å². The molecule has 0 saturated carbocycles. The second-order valence-corrected chi connectivity index (χ2v) is 7.11. The first-order valence-corrected chi connectivity index (χ1v) is 9.49. The van der Waals surface area contributed by atoms with Crippen LogP contribution in [0.2, 0.25) is 0 Å². The first-order chi connectivity index (χ1) is 14.9. The second-order valence-electron chi connectivity index (χ2n) is 7.11. The highest BCUT2D eigenvalue weighted by molar-refractivity contribution is 6.18. The molecular formula is C24H19NO6. The molecule has 7 nitrogen and oxygen atoms in total. The van der Waals surface area contributed by atoms with Crippen molar-refractivity contribution in [1.82, 2.24) is 4.98 Å². The molecule has 0 aliphatic rings. The number of aliphatic hydroxyl groups excluding tert-OH is 1. The summed E-state index contributed by atoms with van der Waals surface area (Å²) < 4.78 is 5.35. The summed E-state index contributed by atoms with van der Waals surface area (Å²) in [7, 11) is 0. The smallest absolute Gasteiger partial charge is 0.372 e. The first-order valence-electron chi connectivity index (χ1n) is 9.49. The number of ketones is 1. The third-order valence-corrected chi connectivity index (χ3v) is 4.99. The van der Waals surface area contributed by atoms with E-state index < -0.39 is 29.0 Å². The number of H-pyrrole nitrogens is 1. The maximum atomic E-state index is 13.2. The van der Waals surface area contributed by atoms with Crippen LogP contribution in [0, 0.1) is 0 Å². The number of carboxylic acids is 1. The van der Waals surface area contributed by atoms with Gasteiger partial charge >= 0.3 is 5.97 Å². The van der Waals surface area contributed by atoms with Crippen LogP contribution in [0.1, 0.15) is 39.2 Å². The van der Waals surface area contributed by atoms with E-state index in [2.05, 4.69) is 4.98 Å². The van der Waals surface area contributed by atoms with Gasteiger partial charge in [0.1, 0.15) is 0 Å². The predicted octanol–water partition coefficient (Wildman–Crippen LogP) is 4.46. The van der Waals surface area contributed by atoms with E-state index in [-0.39, 0.29) is 17.7 Å². The van der Waals surface area contributed by atoms with Gasteiger partial charge in [0.2, 0.25) is 17.3 Å². The second kappa shape index (κ2) is 7.97. The van der Waals surface area contributed by atoms with E-state index in [0.717, 1.165) is 11.1 Å². The van der Waals surface area contributed by atoms with Crippen LogP contribution in [0.5, 0.6) is 5.75 Å². The van der Waals surface area contributed by atoms with Gasteiger partial charge in [-0.05, 0) is 23.6 Å². The summed E-state index contributed by atoms with van der Waals surface area (Å²) in [6.45, 7) is 1.69. The fraction of sp³-hybridized carbons (Fsp3) is 0.0833. The molecule has 4 N–H and O–H groups in total. The Morgan fingerprint density at radius 1 is 1.06 bits per heavy atom. The minimum absolute atomic E-state index is 0.0431. The molecule has 0 bridgehead atoms. The van der Waals surface area contributed by atoms with E-state index in [0.29, 0.717) is 16.5 Å². The van der Waals surface area contributed by atoms with Crippen molar-refractivity contribution >= 4 is 28.7 Å². The lowest BCUT2D eigenvalue weighted by Gasteiger charge is -2.01. The van der Waals surface area contributed by atoms with Crippen molar-refractivity contribution in [3.63, 3.8) is 0 Å². The highest BCUT2D eigenvalue weighted by Crippen LogP contribution is 2.40. The van der Waals surface area contributed by atoms with Crippen molar-refractivity contribution in [2.45, 2.75) is 6.92 Å². The van der Waals surface area contributed by atoms with E-state index in [1.165, 1.54) is 6.20 Å². The lowest BCUT2D eigenvalue weighted by atomic mass is 10.0. The van der Waals surface area contributed by atoms with Crippen molar-refractivity contribution in [2.75, 3.05) is 6.61 Å². The molecule has 0 aliphatic heterocycles. The zero-order valence-electron chi connectivity index (χ0n) is 16.5. The van der Waals surface area contributed by atoms with Crippen LogP contribution in [0.25, 0.3) is 28.1 Å². The fourth-order valence-corrected chi connectivity index (χ4v) is 3.52. The lowest BCUT2D eigenvalue weighted by Crippen LogP contribution is -1.99. The van der Waals surface area contributed by atoms with Crippen LogP contribution in [-0.4, -0.2) is 38.7 Å². The Kier molecular flexibility index (Phi) is 5.19. The number of para-hydroxylation sites is 1. The molecule has 2 heterocycles. The van der Waals surface area contributed by atoms with Gasteiger partial charge in [-0.2, -0.15) is 0 Å². The maximum absolute atomic E-state index is 13.2. The largest absolute Gasteiger partial charge is 0.504 e. The Morgan fingerprint density at radius 2 is 1.81 bits per heavy atom. The van der Waals surface area contributed by atoms with Crippen LogP contribution in [0.3, 0.4) is 0 Å². The third-order valence-electron chi connectivity index (χ3n) is 4.99. The fourth-order valence-electron chi connectivity index (χ4n) is 3.52. The number of aromatic hydroxyl groups is 1. The first kappa shape index (κ1) is 20.2. The minimum Gasteiger partial charge on any atom is -0.504 e. The molecule has 4 aromatic rings. The standard InChI is InChI=1S/C24H19NO6/c1-13(12-26)10-15-8-5-9-16-17(11-25-19(15)16)20(27)23-21(28)18(22(31-23)24(29)30)14-6-3-2-4-7-14/h2-11,25-26,28H,12H2,1H3,(H,29,30). The molecule has 0 saturated heterocycles. The summed E-state index contributed by atoms with van der Waals surface area (Å²) in [6.07, 6.45) is 3.29. The minimum atomic E-state index is -1.39. The van der Waals surface area contributed by atoms with Crippen LogP contribution in [0.4, 0.5) is 0 Å². The van der Waals surface area contributed by atoms with Crippen molar-refractivity contribution in [3.05, 3.63) is 82.9 Å². The number of rotatable bonds is 6. The summed E-state index contributed by atoms with van der Waals surface area (Å²) in [5.74, 6) is -3.50. The molecule has 2 aromatic carbocycles. The van der Waals surface area contributed by atoms with Gasteiger partial charge in [-0.15, -0.1) is 0 Å². The Morgan fingerprint density at radius 3 is 2.48 bits per heavy atom. The Hall–Kier alpha value is -4.10. The van der Waals surface area contributed by atoms with Gasteiger partial charge in [0.15, 0.2) is 5.75 Å². The maximum Gasteiger partial charge on any atom is 0.372 e. The number of aromatic nitrogens is 1. The number of carbonyl (C=O) groups excluding carboxylic acids is 1. The highest BCUT2D eigenvalue weighted by atomic mass is 16.4. The third kappa shape index (κ3) is 3.51. The average molecular weight is 417 g/mol. The van der Waals surface area contributed by atoms with Gasteiger partial charge in [-0.25, -0.2) is 4.79 Å². The van der Waals surface area contributed by atoms with E-state index in [4.69, 9.17) is 4.42 Å².